The second-order valence-electron chi connectivity index (χ2n) is 6.61. The van der Waals surface area contributed by atoms with E-state index in [1.54, 1.807) is 0 Å². The van der Waals surface area contributed by atoms with E-state index >= 15 is 0 Å². The normalized spacial score (nSPS) is 26.2. The molecule has 1 amide bonds. The van der Waals surface area contributed by atoms with E-state index in [9.17, 15) is 4.79 Å². The molecule has 1 aromatic heterocycles. The molecule has 1 aliphatic heterocycles. The van der Waals surface area contributed by atoms with Crippen LogP contribution in [-0.2, 0) is 0 Å². The zero-order valence-electron chi connectivity index (χ0n) is 12.9. The van der Waals surface area contributed by atoms with Crippen molar-refractivity contribution in [3.8, 4) is 0 Å². The van der Waals surface area contributed by atoms with E-state index in [0.717, 1.165) is 43.1 Å². The van der Waals surface area contributed by atoms with Gasteiger partial charge >= 0.3 is 0 Å². The van der Waals surface area contributed by atoms with Gasteiger partial charge in [0.1, 0.15) is 0 Å². The third-order valence-electron chi connectivity index (χ3n) is 5.34. The smallest absolute Gasteiger partial charge is 0.272 e. The molecule has 2 heterocycles. The highest BCUT2D eigenvalue weighted by molar-refractivity contribution is 6.04. The lowest BCUT2D eigenvalue weighted by Gasteiger charge is -2.39. The Balaban J connectivity index is 1.60. The molecule has 1 aliphatic carbocycles. The Morgan fingerprint density at radius 3 is 3.00 bits per heavy atom. The Hall–Kier alpha value is -1.88. The molecule has 0 bridgehead atoms. The number of carbonyl (C=O) groups is 1. The average Bonchev–Trinajstić information content (AvgIpc) is 3.17. The number of hydrogen-bond donors (Lipinski definition) is 3. The molecule has 1 aromatic carbocycles. The maximum Gasteiger partial charge on any atom is 0.272 e. The number of fused-ring (bicyclic) bond motifs is 1. The Bertz CT molecular complexity index is 704. The summed E-state index contributed by atoms with van der Waals surface area (Å²) in [5, 5.41) is 15.0. The largest absolute Gasteiger partial charge is 0.346 e. The second-order valence-corrected chi connectivity index (χ2v) is 6.61. The molecule has 3 N–H and O–H groups in total. The van der Waals surface area contributed by atoms with Gasteiger partial charge in [-0.3, -0.25) is 9.89 Å². The number of aromatic nitrogens is 2. The molecule has 1 spiro atoms. The third kappa shape index (κ3) is 2.11. The van der Waals surface area contributed by atoms with Crippen LogP contribution in [0.1, 0.15) is 43.1 Å². The first kappa shape index (κ1) is 13.8. The molecule has 5 nitrogen and oxygen atoms in total. The van der Waals surface area contributed by atoms with Crippen molar-refractivity contribution in [2.24, 2.45) is 5.92 Å². The first-order valence-electron chi connectivity index (χ1n) is 8.22. The summed E-state index contributed by atoms with van der Waals surface area (Å²) in [6.07, 6.45) is 4.56. The Morgan fingerprint density at radius 1 is 1.41 bits per heavy atom. The van der Waals surface area contributed by atoms with Crippen molar-refractivity contribution in [1.82, 2.24) is 20.8 Å². The molecule has 2 aliphatic rings. The number of nitrogens with zero attached hydrogens (tertiary/aromatic N) is 1. The fourth-order valence-corrected chi connectivity index (χ4v) is 3.90. The van der Waals surface area contributed by atoms with Gasteiger partial charge in [0, 0.05) is 10.9 Å². The monoisotopic (exact) mass is 298 g/mol. The highest BCUT2D eigenvalue weighted by Crippen LogP contribution is 2.45. The molecule has 2 atom stereocenters. The van der Waals surface area contributed by atoms with Gasteiger partial charge in [0.2, 0.25) is 0 Å². The number of piperidine rings is 1. The lowest BCUT2D eigenvalue weighted by molar-refractivity contribution is 0.0871. The zero-order chi connectivity index (χ0) is 15.2. The molecule has 22 heavy (non-hydrogen) atoms. The fourth-order valence-electron chi connectivity index (χ4n) is 3.90. The molecule has 4 rings (SSSR count). The summed E-state index contributed by atoms with van der Waals surface area (Å²) >= 11 is 0. The van der Waals surface area contributed by atoms with Crippen molar-refractivity contribution in [2.75, 3.05) is 6.54 Å². The van der Waals surface area contributed by atoms with Gasteiger partial charge in [0.05, 0.1) is 11.6 Å². The molecule has 1 saturated carbocycles. The SMILES string of the molecule is CCC1CCNC2(CC2)C1NC(=O)c1n[nH]c2ccccc12. The van der Waals surface area contributed by atoms with E-state index in [1.165, 1.54) is 0 Å². The van der Waals surface area contributed by atoms with Crippen molar-refractivity contribution in [1.29, 1.82) is 0 Å². The van der Waals surface area contributed by atoms with Crippen LogP contribution in [0.5, 0.6) is 0 Å². The molecule has 2 fully saturated rings. The maximum atomic E-state index is 12.7. The van der Waals surface area contributed by atoms with Gasteiger partial charge in [-0.15, -0.1) is 0 Å². The number of benzene rings is 1. The number of nitrogens with one attached hydrogen (secondary N) is 3. The van der Waals surface area contributed by atoms with E-state index in [4.69, 9.17) is 0 Å². The number of rotatable bonds is 3. The number of H-pyrrole nitrogens is 1. The van der Waals surface area contributed by atoms with Crippen molar-refractivity contribution in [3.05, 3.63) is 30.0 Å². The standard InChI is InChI=1S/C17H22N4O/c1-2-11-7-10-18-17(8-9-17)15(11)19-16(22)14-12-5-3-4-6-13(12)20-21-14/h3-6,11,15,18H,2,7-10H2,1H3,(H,19,22)(H,20,21). The van der Waals surface area contributed by atoms with E-state index in [2.05, 4.69) is 27.8 Å². The molecular weight excluding hydrogens is 276 g/mol. The van der Waals surface area contributed by atoms with E-state index in [1.807, 2.05) is 24.3 Å². The van der Waals surface area contributed by atoms with Crippen LogP contribution in [0.15, 0.2) is 24.3 Å². The van der Waals surface area contributed by atoms with Crippen LogP contribution >= 0.6 is 0 Å². The molecule has 2 unspecified atom stereocenters. The average molecular weight is 298 g/mol. The van der Waals surface area contributed by atoms with E-state index in [0.29, 0.717) is 11.6 Å². The number of para-hydroxylation sites is 1. The second kappa shape index (κ2) is 5.09. The van der Waals surface area contributed by atoms with Crippen molar-refractivity contribution < 1.29 is 4.79 Å². The molecule has 116 valence electrons. The molecule has 5 heteroatoms. The lowest BCUT2D eigenvalue weighted by atomic mass is 9.83. The van der Waals surface area contributed by atoms with Crippen molar-refractivity contribution >= 4 is 16.8 Å². The van der Waals surface area contributed by atoms with Gasteiger partial charge in [0.15, 0.2) is 5.69 Å². The zero-order valence-corrected chi connectivity index (χ0v) is 12.9. The molecule has 1 saturated heterocycles. The fraction of sp³-hybridized carbons (Fsp3) is 0.529. The first-order chi connectivity index (χ1) is 10.7. The summed E-state index contributed by atoms with van der Waals surface area (Å²) < 4.78 is 0. The quantitative estimate of drug-likeness (QED) is 0.813. The molecular formula is C17H22N4O. The summed E-state index contributed by atoms with van der Waals surface area (Å²) in [5.74, 6) is 0.494. The van der Waals surface area contributed by atoms with Gasteiger partial charge < -0.3 is 10.6 Å². The Morgan fingerprint density at radius 2 is 2.23 bits per heavy atom. The van der Waals surface area contributed by atoms with Gasteiger partial charge in [0.25, 0.3) is 5.91 Å². The highest BCUT2D eigenvalue weighted by atomic mass is 16.2. The molecule has 2 aromatic rings. The van der Waals surface area contributed by atoms with Gasteiger partial charge in [-0.05, 0) is 37.8 Å². The van der Waals surface area contributed by atoms with E-state index in [-0.39, 0.29) is 17.5 Å². The minimum atomic E-state index is -0.0594. The number of aromatic amines is 1. The van der Waals surface area contributed by atoms with Crippen LogP contribution in [0.25, 0.3) is 10.9 Å². The van der Waals surface area contributed by atoms with Crippen LogP contribution in [0.2, 0.25) is 0 Å². The summed E-state index contributed by atoms with van der Waals surface area (Å²) in [4.78, 5) is 12.7. The third-order valence-corrected chi connectivity index (χ3v) is 5.34. The topological polar surface area (TPSA) is 69.8 Å². The summed E-state index contributed by atoms with van der Waals surface area (Å²) in [5.41, 5.74) is 1.55. The summed E-state index contributed by atoms with van der Waals surface area (Å²) in [6.45, 7) is 3.28. The van der Waals surface area contributed by atoms with Gasteiger partial charge in [-0.2, -0.15) is 5.10 Å². The van der Waals surface area contributed by atoms with Crippen LogP contribution in [-0.4, -0.2) is 34.2 Å². The van der Waals surface area contributed by atoms with Crippen LogP contribution in [0.4, 0.5) is 0 Å². The summed E-state index contributed by atoms with van der Waals surface area (Å²) in [7, 11) is 0. The highest BCUT2D eigenvalue weighted by Gasteiger charge is 2.54. The Labute approximate surface area is 129 Å². The Kier molecular flexibility index (Phi) is 3.18. The predicted octanol–water partition coefficient (Wildman–Crippen LogP) is 2.21. The molecule has 0 radical (unpaired) electrons. The first-order valence-corrected chi connectivity index (χ1v) is 8.22. The van der Waals surface area contributed by atoms with Gasteiger partial charge in [-0.1, -0.05) is 31.5 Å². The van der Waals surface area contributed by atoms with Crippen LogP contribution < -0.4 is 10.6 Å². The number of carbonyl (C=O) groups excluding carboxylic acids is 1. The predicted molar refractivity (Wildman–Crippen MR) is 85.7 cm³/mol. The lowest BCUT2D eigenvalue weighted by Crippen LogP contribution is -2.59. The maximum absolute atomic E-state index is 12.7. The van der Waals surface area contributed by atoms with Crippen molar-refractivity contribution in [3.63, 3.8) is 0 Å². The minimum Gasteiger partial charge on any atom is -0.346 e. The van der Waals surface area contributed by atoms with Crippen LogP contribution in [0, 0.1) is 5.92 Å². The minimum absolute atomic E-state index is 0.0594. The summed E-state index contributed by atoms with van der Waals surface area (Å²) in [6, 6.07) is 7.98. The van der Waals surface area contributed by atoms with Crippen molar-refractivity contribution in [2.45, 2.75) is 44.2 Å². The number of amides is 1. The van der Waals surface area contributed by atoms with Gasteiger partial charge in [-0.25, -0.2) is 0 Å². The number of hydrogen-bond acceptors (Lipinski definition) is 3. The van der Waals surface area contributed by atoms with E-state index < -0.39 is 0 Å². The van der Waals surface area contributed by atoms with Crippen LogP contribution in [0.3, 0.4) is 0 Å².